The first-order valence-electron chi connectivity index (χ1n) is 5.14. The Balaban J connectivity index is 2.10. The van der Waals surface area contributed by atoms with Gasteiger partial charge in [-0.25, -0.2) is 9.18 Å². The number of carbonyl (C=O) groups excluding carboxylic acids is 1. The van der Waals surface area contributed by atoms with Crippen LogP contribution in [-0.4, -0.2) is 12.1 Å². The number of esters is 1. The Morgan fingerprint density at radius 1 is 1.47 bits per heavy atom. The summed E-state index contributed by atoms with van der Waals surface area (Å²) >= 11 is 0. The van der Waals surface area contributed by atoms with Crippen LogP contribution in [0.25, 0.3) is 0 Å². The number of hydrogen-bond donors (Lipinski definition) is 0. The summed E-state index contributed by atoms with van der Waals surface area (Å²) in [6.45, 7) is 1.71. The number of ether oxygens (including phenoxy) is 1. The highest BCUT2D eigenvalue weighted by atomic mass is 19.1. The van der Waals surface area contributed by atoms with E-state index in [1.807, 2.05) is 0 Å². The molecule has 0 unspecified atom stereocenters. The van der Waals surface area contributed by atoms with E-state index in [2.05, 4.69) is 0 Å². The normalized spacial score (nSPS) is 15.9. The van der Waals surface area contributed by atoms with Crippen molar-refractivity contribution < 1.29 is 13.9 Å². The third kappa shape index (κ3) is 2.17. The number of hydrogen-bond acceptors (Lipinski definition) is 2. The molecule has 1 aromatic carbocycles. The van der Waals surface area contributed by atoms with Gasteiger partial charge in [-0.05, 0) is 49.9 Å². The zero-order valence-electron chi connectivity index (χ0n) is 8.63. The summed E-state index contributed by atoms with van der Waals surface area (Å²) < 4.78 is 18.0. The fraction of sp³-hybridized carbons (Fsp3) is 0.417. The van der Waals surface area contributed by atoms with Crippen molar-refractivity contribution >= 4 is 5.97 Å². The molecule has 0 bridgehead atoms. The maximum absolute atomic E-state index is 12.8. The van der Waals surface area contributed by atoms with Gasteiger partial charge in [0.2, 0.25) is 0 Å². The van der Waals surface area contributed by atoms with Crippen molar-refractivity contribution in [1.29, 1.82) is 0 Å². The van der Waals surface area contributed by atoms with Gasteiger partial charge in [-0.1, -0.05) is 0 Å². The summed E-state index contributed by atoms with van der Waals surface area (Å²) in [6.07, 6.45) is 3.10. The molecule has 2 rings (SSSR count). The minimum Gasteiger partial charge on any atom is -0.459 e. The fourth-order valence-electron chi connectivity index (χ4n) is 1.56. The molecule has 2 nitrogen and oxygen atoms in total. The van der Waals surface area contributed by atoms with Crippen molar-refractivity contribution in [2.75, 3.05) is 0 Å². The second-order valence-corrected chi connectivity index (χ2v) is 3.92. The molecule has 0 spiro atoms. The van der Waals surface area contributed by atoms with Gasteiger partial charge in [0.25, 0.3) is 0 Å². The lowest BCUT2D eigenvalue weighted by Crippen LogP contribution is -2.25. The number of benzene rings is 1. The number of rotatable bonds is 2. The van der Waals surface area contributed by atoms with Gasteiger partial charge in [-0.2, -0.15) is 0 Å². The summed E-state index contributed by atoms with van der Waals surface area (Å²) in [5.74, 6) is -0.662. The zero-order valence-corrected chi connectivity index (χ0v) is 8.63. The van der Waals surface area contributed by atoms with Crippen LogP contribution in [0.4, 0.5) is 4.39 Å². The van der Waals surface area contributed by atoms with Crippen LogP contribution >= 0.6 is 0 Å². The Bertz CT molecular complexity index is 383. The molecule has 3 heteroatoms. The van der Waals surface area contributed by atoms with Gasteiger partial charge < -0.3 is 4.74 Å². The topological polar surface area (TPSA) is 26.3 Å². The molecule has 80 valence electrons. The van der Waals surface area contributed by atoms with E-state index in [1.54, 1.807) is 6.92 Å². The average molecular weight is 208 g/mol. The van der Waals surface area contributed by atoms with Gasteiger partial charge >= 0.3 is 5.97 Å². The van der Waals surface area contributed by atoms with E-state index in [0.717, 1.165) is 19.3 Å². The number of halogens is 1. The Morgan fingerprint density at radius 2 is 2.20 bits per heavy atom. The average Bonchev–Trinajstić information content (AvgIpc) is 2.11. The Morgan fingerprint density at radius 3 is 2.73 bits per heavy atom. The maximum atomic E-state index is 12.8. The van der Waals surface area contributed by atoms with Gasteiger partial charge in [0.05, 0.1) is 5.56 Å². The second-order valence-electron chi connectivity index (χ2n) is 3.92. The van der Waals surface area contributed by atoms with Crippen LogP contribution in [0.1, 0.15) is 35.2 Å². The van der Waals surface area contributed by atoms with Crippen molar-refractivity contribution in [1.82, 2.24) is 0 Å². The molecule has 0 aromatic heterocycles. The van der Waals surface area contributed by atoms with E-state index in [4.69, 9.17) is 4.74 Å². The van der Waals surface area contributed by atoms with Gasteiger partial charge in [0.1, 0.15) is 11.9 Å². The highest BCUT2D eigenvalue weighted by molar-refractivity contribution is 5.91. The van der Waals surface area contributed by atoms with Crippen molar-refractivity contribution in [3.8, 4) is 0 Å². The molecule has 1 saturated carbocycles. The lowest BCUT2D eigenvalue weighted by Gasteiger charge is -2.25. The number of carbonyl (C=O) groups is 1. The molecule has 0 heterocycles. The highest BCUT2D eigenvalue weighted by Crippen LogP contribution is 2.23. The lowest BCUT2D eigenvalue weighted by atomic mass is 9.96. The van der Waals surface area contributed by atoms with Crippen LogP contribution in [0.3, 0.4) is 0 Å². The van der Waals surface area contributed by atoms with E-state index >= 15 is 0 Å². The monoisotopic (exact) mass is 208 g/mol. The highest BCUT2D eigenvalue weighted by Gasteiger charge is 2.23. The van der Waals surface area contributed by atoms with Gasteiger partial charge in [0, 0.05) is 0 Å². The van der Waals surface area contributed by atoms with E-state index in [9.17, 15) is 9.18 Å². The maximum Gasteiger partial charge on any atom is 0.338 e. The first-order valence-corrected chi connectivity index (χ1v) is 5.14. The first kappa shape index (κ1) is 10.1. The summed E-state index contributed by atoms with van der Waals surface area (Å²) in [7, 11) is 0. The summed E-state index contributed by atoms with van der Waals surface area (Å²) in [5, 5.41) is 0. The first-order chi connectivity index (χ1) is 7.16. The van der Waals surface area contributed by atoms with E-state index in [0.29, 0.717) is 11.1 Å². The molecular formula is C12H13FO2. The molecular weight excluding hydrogens is 195 g/mol. The third-order valence-corrected chi connectivity index (χ3v) is 2.73. The molecule has 0 atom stereocenters. The molecule has 0 radical (unpaired) electrons. The van der Waals surface area contributed by atoms with Gasteiger partial charge in [0.15, 0.2) is 0 Å². The molecule has 1 aromatic rings. The van der Waals surface area contributed by atoms with Crippen molar-refractivity contribution in [2.45, 2.75) is 32.3 Å². The van der Waals surface area contributed by atoms with Crippen LogP contribution in [0.15, 0.2) is 18.2 Å². The quantitative estimate of drug-likeness (QED) is 0.698. The summed E-state index contributed by atoms with van der Waals surface area (Å²) in [6, 6.07) is 4.10. The van der Waals surface area contributed by atoms with Gasteiger partial charge in [-0.15, -0.1) is 0 Å². The number of aryl methyl sites for hydroxylation is 1. The second kappa shape index (κ2) is 4.01. The zero-order chi connectivity index (χ0) is 10.8. The molecule has 1 aliphatic rings. The Kier molecular flexibility index (Phi) is 2.71. The van der Waals surface area contributed by atoms with Crippen LogP contribution in [0.2, 0.25) is 0 Å². The van der Waals surface area contributed by atoms with Crippen LogP contribution in [-0.2, 0) is 4.74 Å². The van der Waals surface area contributed by atoms with Crippen molar-refractivity contribution in [3.63, 3.8) is 0 Å². The van der Waals surface area contributed by atoms with Gasteiger partial charge in [-0.3, -0.25) is 0 Å². The molecule has 0 aliphatic heterocycles. The molecule has 0 N–H and O–H groups in total. The van der Waals surface area contributed by atoms with E-state index < -0.39 is 0 Å². The largest absolute Gasteiger partial charge is 0.459 e. The molecule has 15 heavy (non-hydrogen) atoms. The SMILES string of the molecule is Cc1cc(F)ccc1C(=O)OC1CCC1. The third-order valence-electron chi connectivity index (χ3n) is 2.73. The predicted octanol–water partition coefficient (Wildman–Crippen LogP) is 2.84. The Labute approximate surface area is 88.1 Å². The van der Waals surface area contributed by atoms with Crippen LogP contribution < -0.4 is 0 Å². The molecule has 1 aliphatic carbocycles. The molecule has 1 fully saturated rings. The fourth-order valence-corrected chi connectivity index (χ4v) is 1.56. The lowest BCUT2D eigenvalue weighted by molar-refractivity contribution is 0.00893. The van der Waals surface area contributed by atoms with Crippen molar-refractivity contribution in [2.24, 2.45) is 0 Å². The predicted molar refractivity (Wildman–Crippen MR) is 54.2 cm³/mol. The van der Waals surface area contributed by atoms with Crippen molar-refractivity contribution in [3.05, 3.63) is 35.1 Å². The standard InChI is InChI=1S/C12H13FO2/c1-8-7-9(13)5-6-11(8)12(14)15-10-3-2-4-10/h5-7,10H,2-4H2,1H3. The summed E-state index contributed by atoms with van der Waals surface area (Å²) in [5.41, 5.74) is 1.09. The molecule has 0 saturated heterocycles. The van der Waals surface area contributed by atoms with E-state index in [-0.39, 0.29) is 17.9 Å². The minimum atomic E-state index is -0.336. The van der Waals surface area contributed by atoms with Crippen LogP contribution in [0.5, 0.6) is 0 Å². The molecule has 0 amide bonds. The van der Waals surface area contributed by atoms with E-state index in [1.165, 1.54) is 18.2 Å². The smallest absolute Gasteiger partial charge is 0.338 e. The summed E-state index contributed by atoms with van der Waals surface area (Å²) in [4.78, 5) is 11.6. The van der Waals surface area contributed by atoms with Crippen LogP contribution in [0, 0.1) is 12.7 Å². The minimum absolute atomic E-state index is 0.0713. The Hall–Kier alpha value is -1.38.